The monoisotopic (exact) mass is 251 g/mol. The Kier molecular flexibility index (Phi) is 3.44. The van der Waals surface area contributed by atoms with E-state index in [0.29, 0.717) is 19.4 Å². The van der Waals surface area contributed by atoms with Gasteiger partial charge < -0.3 is 10.1 Å². The van der Waals surface area contributed by atoms with Gasteiger partial charge in [-0.2, -0.15) is 0 Å². The first-order valence-electron chi connectivity index (χ1n) is 5.40. The van der Waals surface area contributed by atoms with Crippen molar-refractivity contribution in [1.29, 1.82) is 0 Å². The van der Waals surface area contributed by atoms with Crippen LogP contribution in [0.15, 0.2) is 0 Å². The minimum atomic E-state index is -1.59. The van der Waals surface area contributed by atoms with Gasteiger partial charge in [0, 0.05) is 18.4 Å². The number of amides is 1. The van der Waals surface area contributed by atoms with Crippen molar-refractivity contribution < 1.29 is 13.9 Å². The number of halogens is 2. The zero-order valence-electron chi connectivity index (χ0n) is 10.2. The molecule has 0 aromatic rings. The predicted octanol–water partition coefficient (Wildman–Crippen LogP) is 3.22. The fourth-order valence-corrected chi connectivity index (χ4v) is 1.86. The van der Waals surface area contributed by atoms with Crippen LogP contribution in [0.25, 0.3) is 0 Å². The Labute approximate surface area is 101 Å². The summed E-state index contributed by atoms with van der Waals surface area (Å²) in [5.74, 6) is 0. The summed E-state index contributed by atoms with van der Waals surface area (Å²) >= 11 is 5.56. The van der Waals surface area contributed by atoms with Gasteiger partial charge in [-0.25, -0.2) is 9.18 Å². The van der Waals surface area contributed by atoms with Gasteiger partial charge in [0.15, 0.2) is 5.13 Å². The molecule has 0 spiro atoms. The standard InChI is InChI=1S/C11H19ClFNO2/c1-9(2,3)16-8(15)14-6-5-10(4)7-11(10,12)13/h5-7H2,1-4H3,(H,14,15). The first kappa shape index (κ1) is 13.6. The summed E-state index contributed by atoms with van der Waals surface area (Å²) in [7, 11) is 0. The Morgan fingerprint density at radius 3 is 2.44 bits per heavy atom. The van der Waals surface area contributed by atoms with Crippen LogP contribution in [0.5, 0.6) is 0 Å². The molecule has 0 heterocycles. The van der Waals surface area contributed by atoms with Crippen molar-refractivity contribution in [3.63, 3.8) is 0 Å². The first-order valence-corrected chi connectivity index (χ1v) is 5.78. The van der Waals surface area contributed by atoms with Gasteiger partial charge in [0.25, 0.3) is 0 Å². The van der Waals surface area contributed by atoms with Crippen molar-refractivity contribution in [2.75, 3.05) is 6.54 Å². The summed E-state index contributed by atoms with van der Waals surface area (Å²) in [5, 5.41) is 0.992. The largest absolute Gasteiger partial charge is 0.444 e. The molecule has 16 heavy (non-hydrogen) atoms. The minimum absolute atomic E-state index is 0.345. The Bertz CT molecular complexity index is 288. The highest BCUT2D eigenvalue weighted by molar-refractivity contribution is 6.25. The number of alkyl halides is 2. The molecule has 5 heteroatoms. The summed E-state index contributed by atoms with van der Waals surface area (Å²) in [6.07, 6.45) is 0.389. The molecule has 1 rings (SSSR count). The minimum Gasteiger partial charge on any atom is -0.444 e. The van der Waals surface area contributed by atoms with Crippen molar-refractivity contribution in [3.8, 4) is 0 Å². The van der Waals surface area contributed by atoms with Gasteiger partial charge in [-0.05, 0) is 27.2 Å². The summed E-state index contributed by atoms with van der Waals surface area (Å²) in [4.78, 5) is 11.3. The molecule has 1 fully saturated rings. The number of carbonyl (C=O) groups excluding carboxylic acids is 1. The van der Waals surface area contributed by atoms with E-state index < -0.39 is 22.2 Å². The molecule has 3 nitrogen and oxygen atoms in total. The van der Waals surface area contributed by atoms with Crippen LogP contribution in [-0.2, 0) is 4.74 Å². The van der Waals surface area contributed by atoms with Gasteiger partial charge in [-0.1, -0.05) is 18.5 Å². The summed E-state index contributed by atoms with van der Waals surface area (Å²) < 4.78 is 18.3. The van der Waals surface area contributed by atoms with Crippen LogP contribution < -0.4 is 5.32 Å². The van der Waals surface area contributed by atoms with Crippen LogP contribution in [-0.4, -0.2) is 23.4 Å². The lowest BCUT2D eigenvalue weighted by Gasteiger charge is -2.20. The second-order valence-corrected chi connectivity index (χ2v) is 6.22. The average Bonchev–Trinajstić information content (AvgIpc) is 2.46. The van der Waals surface area contributed by atoms with Crippen molar-refractivity contribution in [2.45, 2.75) is 51.3 Å². The maximum Gasteiger partial charge on any atom is 0.407 e. The Morgan fingerprint density at radius 1 is 1.56 bits per heavy atom. The van der Waals surface area contributed by atoms with E-state index >= 15 is 0 Å². The van der Waals surface area contributed by atoms with Gasteiger partial charge >= 0.3 is 6.09 Å². The topological polar surface area (TPSA) is 38.3 Å². The van der Waals surface area contributed by atoms with Crippen LogP contribution in [0.3, 0.4) is 0 Å². The van der Waals surface area contributed by atoms with Gasteiger partial charge in [0.05, 0.1) is 0 Å². The van der Waals surface area contributed by atoms with Gasteiger partial charge in [0.2, 0.25) is 0 Å². The fraction of sp³-hybridized carbons (Fsp3) is 0.909. The maximum absolute atomic E-state index is 13.3. The van der Waals surface area contributed by atoms with Gasteiger partial charge in [-0.15, -0.1) is 0 Å². The van der Waals surface area contributed by atoms with E-state index in [9.17, 15) is 9.18 Å². The lowest BCUT2D eigenvalue weighted by atomic mass is 10.1. The number of rotatable bonds is 3. The van der Waals surface area contributed by atoms with E-state index in [0.717, 1.165) is 0 Å². The van der Waals surface area contributed by atoms with E-state index in [1.54, 1.807) is 27.7 Å². The van der Waals surface area contributed by atoms with Crippen LogP contribution in [0.2, 0.25) is 0 Å². The molecule has 1 saturated carbocycles. The predicted molar refractivity (Wildman–Crippen MR) is 61.3 cm³/mol. The van der Waals surface area contributed by atoms with Gasteiger partial charge in [0.1, 0.15) is 5.60 Å². The van der Waals surface area contributed by atoms with E-state index in [-0.39, 0.29) is 0 Å². The highest BCUT2D eigenvalue weighted by Gasteiger charge is 2.64. The number of alkyl carbamates (subject to hydrolysis) is 1. The van der Waals surface area contributed by atoms with Crippen molar-refractivity contribution in [3.05, 3.63) is 0 Å². The average molecular weight is 252 g/mol. The molecule has 0 saturated heterocycles. The molecule has 0 aromatic carbocycles. The summed E-state index contributed by atoms with van der Waals surface area (Å²) in [5.41, 5.74) is -1.02. The van der Waals surface area contributed by atoms with Crippen LogP contribution >= 0.6 is 11.6 Å². The molecule has 1 N–H and O–H groups in total. The third-order valence-electron chi connectivity index (χ3n) is 2.72. The zero-order chi connectivity index (χ0) is 12.6. The fourth-order valence-electron chi connectivity index (χ4n) is 1.47. The highest BCUT2D eigenvalue weighted by Crippen LogP contribution is 2.63. The second kappa shape index (κ2) is 4.06. The summed E-state index contributed by atoms with van der Waals surface area (Å²) in [6, 6.07) is 0. The Morgan fingerprint density at radius 2 is 2.06 bits per heavy atom. The third kappa shape index (κ3) is 3.51. The molecule has 94 valence electrons. The number of hydrogen-bond acceptors (Lipinski definition) is 2. The summed E-state index contributed by atoms with van der Waals surface area (Å²) in [6.45, 7) is 7.53. The number of nitrogens with one attached hydrogen (secondary N) is 1. The molecule has 0 aliphatic heterocycles. The third-order valence-corrected chi connectivity index (χ3v) is 3.31. The Hall–Kier alpha value is -0.510. The quantitative estimate of drug-likeness (QED) is 0.783. The van der Waals surface area contributed by atoms with E-state index in [2.05, 4.69) is 5.32 Å². The first-order chi connectivity index (χ1) is 7.06. The van der Waals surface area contributed by atoms with Crippen LogP contribution in [0.4, 0.5) is 9.18 Å². The van der Waals surface area contributed by atoms with Crippen LogP contribution in [0.1, 0.15) is 40.5 Å². The lowest BCUT2D eigenvalue weighted by Crippen LogP contribution is -2.33. The molecular formula is C11H19ClFNO2. The smallest absolute Gasteiger partial charge is 0.407 e. The van der Waals surface area contributed by atoms with E-state index in [4.69, 9.17) is 16.3 Å². The number of hydrogen-bond donors (Lipinski definition) is 1. The number of carbonyl (C=O) groups is 1. The molecule has 1 aliphatic carbocycles. The highest BCUT2D eigenvalue weighted by atomic mass is 35.5. The van der Waals surface area contributed by atoms with E-state index in [1.165, 1.54) is 0 Å². The molecule has 1 aliphatic rings. The molecule has 2 unspecified atom stereocenters. The molecule has 0 radical (unpaired) electrons. The van der Waals surface area contributed by atoms with Gasteiger partial charge in [-0.3, -0.25) is 0 Å². The lowest BCUT2D eigenvalue weighted by molar-refractivity contribution is 0.0523. The molecular weight excluding hydrogens is 233 g/mol. The maximum atomic E-state index is 13.3. The van der Waals surface area contributed by atoms with Crippen molar-refractivity contribution >= 4 is 17.7 Å². The molecule has 0 aromatic heterocycles. The van der Waals surface area contributed by atoms with Crippen molar-refractivity contribution in [2.24, 2.45) is 5.41 Å². The molecule has 1 amide bonds. The second-order valence-electron chi connectivity index (χ2n) is 5.62. The Balaban J connectivity index is 2.20. The molecule has 2 atom stereocenters. The van der Waals surface area contributed by atoms with Crippen LogP contribution in [0, 0.1) is 5.41 Å². The normalized spacial score (nSPS) is 33.4. The SMILES string of the molecule is CC(C)(C)OC(=O)NCCC1(C)CC1(F)Cl. The molecule has 0 bridgehead atoms. The van der Waals surface area contributed by atoms with E-state index in [1.807, 2.05) is 0 Å². The number of ether oxygens (including phenoxy) is 1. The zero-order valence-corrected chi connectivity index (χ0v) is 10.9. The van der Waals surface area contributed by atoms with Crippen molar-refractivity contribution in [1.82, 2.24) is 5.32 Å².